The molecular formula is C23H12Cl2F3N3O3. The molecule has 172 valence electrons. The minimum atomic E-state index is -2.98. The molecule has 0 unspecified atom stereocenters. The third-order valence-electron chi connectivity index (χ3n) is 4.46. The van der Waals surface area contributed by atoms with Crippen LogP contribution in [0.4, 0.5) is 13.2 Å². The summed E-state index contributed by atoms with van der Waals surface area (Å²) in [6, 6.07) is 14.8. The van der Waals surface area contributed by atoms with Crippen LogP contribution in [-0.4, -0.2) is 16.8 Å². The minimum Gasteiger partial charge on any atom is -0.453 e. The molecule has 11 heteroatoms. The van der Waals surface area contributed by atoms with Crippen LogP contribution < -0.4 is 9.47 Å². The Hall–Kier alpha value is -3.74. The summed E-state index contributed by atoms with van der Waals surface area (Å²) in [4.78, 5) is 0. The highest BCUT2D eigenvalue weighted by atomic mass is 35.5. The molecule has 0 saturated carbocycles. The molecule has 0 aliphatic carbocycles. The SMILES string of the molecule is N#Cc1cc(Cl)cc(Oc2c(Cl)ccc(Cc3nnc(-c4cccc(OC(F)F)c4)o3)c2F)c1. The Morgan fingerprint density at radius 2 is 1.85 bits per heavy atom. The molecule has 0 atom stereocenters. The predicted molar refractivity (Wildman–Crippen MR) is 117 cm³/mol. The van der Waals surface area contributed by atoms with Gasteiger partial charge in [-0.1, -0.05) is 35.3 Å². The highest BCUT2D eigenvalue weighted by Crippen LogP contribution is 2.36. The van der Waals surface area contributed by atoms with Gasteiger partial charge in [0.1, 0.15) is 11.5 Å². The summed E-state index contributed by atoms with van der Waals surface area (Å²) in [6.07, 6.45) is -0.0986. The second-order valence-electron chi connectivity index (χ2n) is 6.82. The van der Waals surface area contributed by atoms with Crippen molar-refractivity contribution >= 4 is 23.2 Å². The molecule has 0 N–H and O–H groups in total. The molecule has 0 saturated heterocycles. The quantitative estimate of drug-likeness (QED) is 0.268. The number of halogens is 5. The molecule has 0 spiro atoms. The van der Waals surface area contributed by atoms with E-state index in [1.54, 1.807) is 6.07 Å². The number of ether oxygens (including phenoxy) is 2. The Bertz CT molecular complexity index is 1390. The molecule has 0 radical (unpaired) electrons. The van der Waals surface area contributed by atoms with E-state index < -0.39 is 12.4 Å². The fourth-order valence-corrected chi connectivity index (χ4v) is 3.43. The zero-order valence-corrected chi connectivity index (χ0v) is 18.4. The highest BCUT2D eigenvalue weighted by Gasteiger charge is 2.19. The number of benzene rings is 3. The normalized spacial score (nSPS) is 10.9. The highest BCUT2D eigenvalue weighted by molar-refractivity contribution is 6.32. The Balaban J connectivity index is 1.57. The average Bonchev–Trinajstić information content (AvgIpc) is 3.26. The number of rotatable bonds is 7. The van der Waals surface area contributed by atoms with E-state index in [1.807, 2.05) is 6.07 Å². The molecule has 34 heavy (non-hydrogen) atoms. The molecule has 1 heterocycles. The number of nitriles is 1. The zero-order chi connectivity index (χ0) is 24.2. The fourth-order valence-electron chi connectivity index (χ4n) is 3.02. The van der Waals surface area contributed by atoms with Gasteiger partial charge in [-0.2, -0.15) is 14.0 Å². The number of nitrogens with zero attached hydrogens (tertiary/aromatic N) is 3. The second-order valence-corrected chi connectivity index (χ2v) is 7.67. The van der Waals surface area contributed by atoms with Crippen LogP contribution in [0.1, 0.15) is 17.0 Å². The molecule has 3 aromatic carbocycles. The van der Waals surface area contributed by atoms with Gasteiger partial charge < -0.3 is 13.9 Å². The standard InChI is InChI=1S/C23H12Cl2F3N3O3/c24-15-6-12(11-29)7-17(10-15)32-21-18(25)5-4-13(20(21)26)9-19-30-31-22(34-19)14-2-1-3-16(8-14)33-23(27)28/h1-8,10,23H,9H2. The van der Waals surface area contributed by atoms with Crippen LogP contribution in [0.25, 0.3) is 11.5 Å². The third kappa shape index (κ3) is 5.42. The summed E-state index contributed by atoms with van der Waals surface area (Å²) in [7, 11) is 0. The number of aromatic nitrogens is 2. The smallest absolute Gasteiger partial charge is 0.387 e. The first-order chi connectivity index (χ1) is 16.3. The lowest BCUT2D eigenvalue weighted by Crippen LogP contribution is -2.01. The number of alkyl halides is 2. The van der Waals surface area contributed by atoms with Crippen LogP contribution >= 0.6 is 23.2 Å². The van der Waals surface area contributed by atoms with E-state index in [2.05, 4.69) is 14.9 Å². The van der Waals surface area contributed by atoms with E-state index in [0.29, 0.717) is 5.56 Å². The minimum absolute atomic E-state index is 0.00166. The third-order valence-corrected chi connectivity index (χ3v) is 4.98. The van der Waals surface area contributed by atoms with E-state index in [0.717, 1.165) is 0 Å². The van der Waals surface area contributed by atoms with Crippen molar-refractivity contribution < 1.29 is 27.1 Å². The number of hydrogen-bond acceptors (Lipinski definition) is 6. The van der Waals surface area contributed by atoms with Crippen molar-refractivity contribution in [1.29, 1.82) is 5.26 Å². The Morgan fingerprint density at radius 1 is 1.03 bits per heavy atom. The lowest BCUT2D eigenvalue weighted by Gasteiger charge is -2.11. The topological polar surface area (TPSA) is 81.2 Å². The zero-order valence-electron chi connectivity index (χ0n) is 16.9. The van der Waals surface area contributed by atoms with Gasteiger partial charge in [0.2, 0.25) is 11.8 Å². The lowest BCUT2D eigenvalue weighted by atomic mass is 10.1. The van der Waals surface area contributed by atoms with E-state index in [1.165, 1.54) is 48.5 Å². The van der Waals surface area contributed by atoms with Gasteiger partial charge in [0, 0.05) is 16.1 Å². The summed E-state index contributed by atoms with van der Waals surface area (Å²) in [5.41, 5.74) is 0.732. The monoisotopic (exact) mass is 505 g/mol. The van der Waals surface area contributed by atoms with Crippen molar-refractivity contribution in [3.05, 3.63) is 87.5 Å². The maximum absolute atomic E-state index is 15.2. The van der Waals surface area contributed by atoms with Gasteiger partial charge in [-0.05, 0) is 42.5 Å². The Labute approximate surface area is 201 Å². The Morgan fingerprint density at radius 3 is 2.62 bits per heavy atom. The van der Waals surface area contributed by atoms with Crippen LogP contribution in [0, 0.1) is 17.1 Å². The van der Waals surface area contributed by atoms with E-state index in [9.17, 15) is 8.78 Å². The summed E-state index contributed by atoms with van der Waals surface area (Å²) in [5, 5.41) is 17.1. The van der Waals surface area contributed by atoms with Gasteiger partial charge in [0.05, 0.1) is 23.1 Å². The molecule has 0 fully saturated rings. The molecule has 6 nitrogen and oxygen atoms in total. The van der Waals surface area contributed by atoms with E-state index in [-0.39, 0.29) is 56.6 Å². The van der Waals surface area contributed by atoms with Crippen molar-refractivity contribution in [2.45, 2.75) is 13.0 Å². The predicted octanol–water partition coefficient (Wildman–Crippen LogP) is 7.04. The molecular weight excluding hydrogens is 494 g/mol. The van der Waals surface area contributed by atoms with Crippen LogP contribution in [-0.2, 0) is 6.42 Å². The van der Waals surface area contributed by atoms with Crippen molar-refractivity contribution in [2.24, 2.45) is 0 Å². The van der Waals surface area contributed by atoms with Crippen molar-refractivity contribution in [2.75, 3.05) is 0 Å². The Kier molecular flexibility index (Phi) is 6.91. The fraction of sp³-hybridized carbons (Fsp3) is 0.0870. The van der Waals surface area contributed by atoms with Crippen LogP contribution in [0.15, 0.2) is 59.0 Å². The van der Waals surface area contributed by atoms with Crippen molar-refractivity contribution in [3.63, 3.8) is 0 Å². The van der Waals surface area contributed by atoms with Crippen LogP contribution in [0.2, 0.25) is 10.0 Å². The van der Waals surface area contributed by atoms with Crippen molar-refractivity contribution in [1.82, 2.24) is 10.2 Å². The average molecular weight is 506 g/mol. The van der Waals surface area contributed by atoms with Gasteiger partial charge in [-0.25, -0.2) is 4.39 Å². The molecule has 0 aliphatic heterocycles. The molecule has 0 amide bonds. The van der Waals surface area contributed by atoms with Crippen molar-refractivity contribution in [3.8, 4) is 34.8 Å². The van der Waals surface area contributed by atoms with Gasteiger partial charge in [0.15, 0.2) is 11.6 Å². The summed E-state index contributed by atoms with van der Waals surface area (Å²) < 4.78 is 55.6. The number of hydrogen-bond donors (Lipinski definition) is 0. The molecule has 4 aromatic rings. The molecule has 0 aliphatic rings. The summed E-state index contributed by atoms with van der Waals surface area (Å²) >= 11 is 12.1. The second kappa shape index (κ2) is 10.0. The summed E-state index contributed by atoms with van der Waals surface area (Å²) in [6.45, 7) is -2.98. The molecule has 1 aromatic heterocycles. The van der Waals surface area contributed by atoms with Gasteiger partial charge in [-0.15, -0.1) is 10.2 Å². The first-order valence-electron chi connectivity index (χ1n) is 9.55. The largest absolute Gasteiger partial charge is 0.453 e. The van der Waals surface area contributed by atoms with Gasteiger partial charge in [0.25, 0.3) is 0 Å². The van der Waals surface area contributed by atoms with Gasteiger partial charge in [-0.3, -0.25) is 0 Å². The molecule has 4 rings (SSSR count). The summed E-state index contributed by atoms with van der Waals surface area (Å²) in [5.74, 6) is -0.855. The van der Waals surface area contributed by atoms with E-state index >= 15 is 4.39 Å². The van der Waals surface area contributed by atoms with Crippen LogP contribution in [0.5, 0.6) is 17.2 Å². The molecule has 0 bridgehead atoms. The van der Waals surface area contributed by atoms with Gasteiger partial charge >= 0.3 is 6.61 Å². The lowest BCUT2D eigenvalue weighted by molar-refractivity contribution is -0.0498. The maximum Gasteiger partial charge on any atom is 0.387 e. The maximum atomic E-state index is 15.2. The van der Waals surface area contributed by atoms with Crippen LogP contribution in [0.3, 0.4) is 0 Å². The van der Waals surface area contributed by atoms with E-state index in [4.69, 9.17) is 37.6 Å². The first-order valence-corrected chi connectivity index (χ1v) is 10.3. The first kappa shape index (κ1) is 23.4.